The van der Waals surface area contributed by atoms with Crippen LogP contribution in [0.3, 0.4) is 0 Å². The molecule has 1 aromatic carbocycles. The maximum absolute atomic E-state index is 12.2. The average molecular weight is 289 g/mol. The first kappa shape index (κ1) is 14.5. The van der Waals surface area contributed by atoms with Crippen LogP contribution in [0.2, 0.25) is 5.15 Å². The third kappa shape index (κ3) is 3.36. The van der Waals surface area contributed by atoms with E-state index in [1.807, 2.05) is 24.3 Å². The first-order chi connectivity index (χ1) is 9.38. The van der Waals surface area contributed by atoms with E-state index in [0.717, 1.165) is 11.3 Å². The number of halogens is 1. The molecule has 1 aromatic heterocycles. The van der Waals surface area contributed by atoms with Gasteiger partial charge in [-0.05, 0) is 29.2 Å². The van der Waals surface area contributed by atoms with Crippen molar-refractivity contribution in [2.75, 3.05) is 5.32 Å². The van der Waals surface area contributed by atoms with Gasteiger partial charge in [0.15, 0.2) is 0 Å². The van der Waals surface area contributed by atoms with Gasteiger partial charge in [-0.1, -0.05) is 56.6 Å². The molecule has 2 rings (SSSR count). The molecular formula is C16H17ClN2O. The summed E-state index contributed by atoms with van der Waals surface area (Å²) in [5, 5.41) is 3.21. The van der Waals surface area contributed by atoms with E-state index in [0.29, 0.717) is 10.8 Å². The van der Waals surface area contributed by atoms with Crippen molar-refractivity contribution >= 4 is 23.2 Å². The number of amides is 1. The number of rotatable bonds is 2. The third-order valence-corrected chi connectivity index (χ3v) is 3.14. The van der Waals surface area contributed by atoms with Crippen LogP contribution in [0, 0.1) is 0 Å². The van der Waals surface area contributed by atoms with E-state index in [1.54, 1.807) is 18.2 Å². The maximum atomic E-state index is 12.2. The predicted molar refractivity (Wildman–Crippen MR) is 82.3 cm³/mol. The molecule has 0 atom stereocenters. The van der Waals surface area contributed by atoms with Crippen molar-refractivity contribution < 1.29 is 4.79 Å². The molecule has 0 aliphatic rings. The minimum Gasteiger partial charge on any atom is -0.320 e. The molecule has 1 heterocycles. The maximum Gasteiger partial charge on any atom is 0.274 e. The molecular weight excluding hydrogens is 272 g/mol. The lowest BCUT2D eigenvalue weighted by Crippen LogP contribution is -2.19. The summed E-state index contributed by atoms with van der Waals surface area (Å²) in [6.45, 7) is 6.32. The summed E-state index contributed by atoms with van der Waals surface area (Å²) in [5.74, 6) is -0.260. The van der Waals surface area contributed by atoms with Gasteiger partial charge in [0.1, 0.15) is 10.8 Å². The number of hydrogen-bond acceptors (Lipinski definition) is 2. The lowest BCUT2D eigenvalue weighted by molar-refractivity contribution is 0.102. The standard InChI is InChI=1S/C16H17ClN2O/c1-16(2,3)11-7-4-5-8-12(11)19-15(20)13-9-6-10-14(17)18-13/h4-10H,1-3H3,(H,19,20). The Bertz CT molecular complexity index is 632. The van der Waals surface area contributed by atoms with Gasteiger partial charge in [0.25, 0.3) is 5.91 Å². The molecule has 20 heavy (non-hydrogen) atoms. The van der Waals surface area contributed by atoms with Gasteiger partial charge >= 0.3 is 0 Å². The zero-order chi connectivity index (χ0) is 14.8. The van der Waals surface area contributed by atoms with E-state index >= 15 is 0 Å². The number of aromatic nitrogens is 1. The van der Waals surface area contributed by atoms with Crippen molar-refractivity contribution in [1.29, 1.82) is 0 Å². The molecule has 0 bridgehead atoms. The molecule has 1 amide bonds. The summed E-state index contributed by atoms with van der Waals surface area (Å²) in [6, 6.07) is 12.8. The Morgan fingerprint density at radius 3 is 2.45 bits per heavy atom. The number of carbonyl (C=O) groups excluding carboxylic acids is 1. The van der Waals surface area contributed by atoms with E-state index in [4.69, 9.17) is 11.6 Å². The largest absolute Gasteiger partial charge is 0.320 e. The molecule has 104 valence electrons. The highest BCUT2D eigenvalue weighted by Crippen LogP contribution is 2.29. The van der Waals surface area contributed by atoms with Crippen LogP contribution in [0.4, 0.5) is 5.69 Å². The SMILES string of the molecule is CC(C)(C)c1ccccc1NC(=O)c1cccc(Cl)n1. The fraction of sp³-hybridized carbons (Fsp3) is 0.250. The molecule has 0 radical (unpaired) electrons. The van der Waals surface area contributed by atoms with Crippen LogP contribution >= 0.6 is 11.6 Å². The highest BCUT2D eigenvalue weighted by atomic mass is 35.5. The second-order valence-electron chi connectivity index (χ2n) is 5.60. The van der Waals surface area contributed by atoms with Crippen molar-refractivity contribution in [2.24, 2.45) is 0 Å². The molecule has 0 saturated heterocycles. The molecule has 3 nitrogen and oxygen atoms in total. The van der Waals surface area contributed by atoms with E-state index in [1.165, 1.54) is 0 Å². The lowest BCUT2D eigenvalue weighted by atomic mass is 9.86. The van der Waals surface area contributed by atoms with Gasteiger partial charge in [0.05, 0.1) is 0 Å². The predicted octanol–water partition coefficient (Wildman–Crippen LogP) is 4.28. The van der Waals surface area contributed by atoms with Gasteiger partial charge in [-0.15, -0.1) is 0 Å². The molecule has 4 heteroatoms. The van der Waals surface area contributed by atoms with Crippen molar-refractivity contribution in [3.8, 4) is 0 Å². The summed E-state index contributed by atoms with van der Waals surface area (Å²) in [4.78, 5) is 16.2. The summed E-state index contributed by atoms with van der Waals surface area (Å²) in [7, 11) is 0. The lowest BCUT2D eigenvalue weighted by Gasteiger charge is -2.22. The number of benzene rings is 1. The Balaban J connectivity index is 2.29. The first-order valence-corrected chi connectivity index (χ1v) is 6.79. The normalized spacial score (nSPS) is 11.2. The molecule has 0 fully saturated rings. The fourth-order valence-corrected chi connectivity index (χ4v) is 2.13. The summed E-state index contributed by atoms with van der Waals surface area (Å²) < 4.78 is 0. The van der Waals surface area contributed by atoms with E-state index in [9.17, 15) is 4.79 Å². The van der Waals surface area contributed by atoms with E-state index in [-0.39, 0.29) is 11.3 Å². The van der Waals surface area contributed by atoms with Crippen LogP contribution in [0.15, 0.2) is 42.5 Å². The van der Waals surface area contributed by atoms with Gasteiger partial charge in [-0.2, -0.15) is 0 Å². The molecule has 0 unspecified atom stereocenters. The van der Waals surface area contributed by atoms with Crippen molar-refractivity contribution in [3.05, 3.63) is 58.9 Å². The molecule has 0 aliphatic heterocycles. The van der Waals surface area contributed by atoms with Crippen LogP contribution in [-0.2, 0) is 5.41 Å². The molecule has 2 aromatic rings. The van der Waals surface area contributed by atoms with E-state index in [2.05, 4.69) is 31.1 Å². The van der Waals surface area contributed by atoms with Gasteiger partial charge in [-0.3, -0.25) is 4.79 Å². The summed E-state index contributed by atoms with van der Waals surface area (Å²) >= 11 is 5.80. The van der Waals surface area contributed by atoms with Crippen molar-refractivity contribution in [1.82, 2.24) is 4.98 Å². The summed E-state index contributed by atoms with van der Waals surface area (Å²) in [5.41, 5.74) is 2.13. The minimum atomic E-state index is -0.260. The minimum absolute atomic E-state index is 0.0500. The number of pyridine rings is 1. The van der Waals surface area contributed by atoms with Crippen LogP contribution in [-0.4, -0.2) is 10.9 Å². The summed E-state index contributed by atoms with van der Waals surface area (Å²) in [6.07, 6.45) is 0. The van der Waals surface area contributed by atoms with Crippen LogP contribution in [0.1, 0.15) is 36.8 Å². The number of nitrogens with one attached hydrogen (secondary N) is 1. The molecule has 1 N–H and O–H groups in total. The highest BCUT2D eigenvalue weighted by Gasteiger charge is 2.19. The molecule has 0 spiro atoms. The van der Waals surface area contributed by atoms with Crippen LogP contribution < -0.4 is 5.32 Å². The van der Waals surface area contributed by atoms with Crippen molar-refractivity contribution in [2.45, 2.75) is 26.2 Å². The average Bonchev–Trinajstić information content (AvgIpc) is 2.38. The Kier molecular flexibility index (Phi) is 4.09. The molecule has 0 aliphatic carbocycles. The monoisotopic (exact) mass is 288 g/mol. The number of hydrogen-bond donors (Lipinski definition) is 1. The zero-order valence-corrected chi connectivity index (χ0v) is 12.5. The Labute approximate surface area is 124 Å². The third-order valence-electron chi connectivity index (χ3n) is 2.93. The van der Waals surface area contributed by atoms with Crippen molar-refractivity contribution in [3.63, 3.8) is 0 Å². The Hall–Kier alpha value is -1.87. The van der Waals surface area contributed by atoms with Gasteiger partial charge in [0.2, 0.25) is 0 Å². The van der Waals surface area contributed by atoms with Gasteiger partial charge in [-0.25, -0.2) is 4.98 Å². The number of para-hydroxylation sites is 1. The quantitative estimate of drug-likeness (QED) is 0.838. The molecule has 0 saturated carbocycles. The Morgan fingerprint density at radius 1 is 1.10 bits per heavy atom. The van der Waals surface area contributed by atoms with Gasteiger partial charge < -0.3 is 5.32 Å². The highest BCUT2D eigenvalue weighted by molar-refractivity contribution is 6.29. The zero-order valence-electron chi connectivity index (χ0n) is 11.8. The fourth-order valence-electron chi connectivity index (χ4n) is 1.97. The second kappa shape index (κ2) is 5.63. The number of anilines is 1. The number of nitrogens with zero attached hydrogens (tertiary/aromatic N) is 1. The first-order valence-electron chi connectivity index (χ1n) is 6.41. The topological polar surface area (TPSA) is 42.0 Å². The smallest absolute Gasteiger partial charge is 0.274 e. The Morgan fingerprint density at radius 2 is 1.80 bits per heavy atom. The second-order valence-corrected chi connectivity index (χ2v) is 5.98. The van der Waals surface area contributed by atoms with E-state index < -0.39 is 0 Å². The van der Waals surface area contributed by atoms with Crippen LogP contribution in [0.5, 0.6) is 0 Å². The number of carbonyl (C=O) groups is 1. The van der Waals surface area contributed by atoms with Crippen LogP contribution in [0.25, 0.3) is 0 Å². The van der Waals surface area contributed by atoms with Gasteiger partial charge in [0, 0.05) is 5.69 Å².